The van der Waals surface area contributed by atoms with Gasteiger partial charge in [0, 0.05) is 17.0 Å². The highest BCUT2D eigenvalue weighted by atomic mass is 35.5. The zero-order valence-electron chi connectivity index (χ0n) is 12.6. The lowest BCUT2D eigenvalue weighted by atomic mass is 10.1. The van der Waals surface area contributed by atoms with Gasteiger partial charge in [0.15, 0.2) is 5.69 Å². The molecular formula is C16H7ClF4N4O. The van der Waals surface area contributed by atoms with Crippen molar-refractivity contribution in [2.75, 3.05) is 0 Å². The molecule has 0 bridgehead atoms. The Balaban J connectivity index is 2.25. The molecule has 0 aliphatic rings. The lowest BCUT2D eigenvalue weighted by Crippen LogP contribution is -2.23. The second-order valence-corrected chi connectivity index (χ2v) is 5.86. The molecule has 10 heteroatoms. The van der Waals surface area contributed by atoms with Gasteiger partial charge in [0.1, 0.15) is 11.3 Å². The van der Waals surface area contributed by atoms with Crippen LogP contribution in [0.5, 0.6) is 0 Å². The normalized spacial score (nSPS) is 12.2. The minimum absolute atomic E-state index is 0.00815. The van der Waals surface area contributed by atoms with Crippen molar-refractivity contribution in [1.29, 1.82) is 0 Å². The van der Waals surface area contributed by atoms with E-state index in [-0.39, 0.29) is 26.8 Å². The molecule has 4 rings (SSSR count). The number of aromatic nitrogens is 4. The summed E-state index contributed by atoms with van der Waals surface area (Å²) in [6.45, 7) is 0. The first kappa shape index (κ1) is 16.5. The van der Waals surface area contributed by atoms with Crippen LogP contribution in [0.1, 0.15) is 5.69 Å². The van der Waals surface area contributed by atoms with Crippen LogP contribution in [0.2, 0.25) is 5.02 Å². The summed E-state index contributed by atoms with van der Waals surface area (Å²) < 4.78 is 54.9. The molecule has 1 N–H and O–H groups in total. The number of pyridine rings is 2. The third-order valence-corrected chi connectivity index (χ3v) is 4.21. The second kappa shape index (κ2) is 5.53. The van der Waals surface area contributed by atoms with Crippen molar-refractivity contribution in [1.82, 2.24) is 19.7 Å². The number of fused-ring (bicyclic) bond motifs is 3. The number of hydrogen-bond donors (Lipinski definition) is 1. The van der Waals surface area contributed by atoms with Gasteiger partial charge in [-0.1, -0.05) is 11.6 Å². The monoisotopic (exact) mass is 382 g/mol. The Morgan fingerprint density at radius 2 is 1.96 bits per heavy atom. The van der Waals surface area contributed by atoms with Crippen LogP contribution in [-0.4, -0.2) is 19.7 Å². The number of H-pyrrole nitrogens is 1. The van der Waals surface area contributed by atoms with E-state index < -0.39 is 28.9 Å². The van der Waals surface area contributed by atoms with Crippen LogP contribution in [-0.2, 0) is 6.18 Å². The molecule has 132 valence electrons. The first-order valence-corrected chi connectivity index (χ1v) is 7.56. The van der Waals surface area contributed by atoms with Crippen LogP contribution in [0.25, 0.3) is 27.5 Å². The van der Waals surface area contributed by atoms with E-state index in [2.05, 4.69) is 15.2 Å². The average Bonchev–Trinajstić information content (AvgIpc) is 3.07. The van der Waals surface area contributed by atoms with Gasteiger partial charge < -0.3 is 0 Å². The molecule has 0 atom stereocenters. The molecule has 3 heterocycles. The van der Waals surface area contributed by atoms with Gasteiger partial charge in [0.25, 0.3) is 5.56 Å². The smallest absolute Gasteiger partial charge is 0.273 e. The average molecular weight is 383 g/mol. The van der Waals surface area contributed by atoms with E-state index in [1.807, 2.05) is 0 Å². The van der Waals surface area contributed by atoms with E-state index in [4.69, 9.17) is 11.6 Å². The fourth-order valence-electron chi connectivity index (χ4n) is 2.85. The molecule has 0 aliphatic heterocycles. The molecule has 0 radical (unpaired) electrons. The minimum Gasteiger partial charge on any atom is -0.273 e. The van der Waals surface area contributed by atoms with Crippen LogP contribution in [0.4, 0.5) is 17.6 Å². The van der Waals surface area contributed by atoms with E-state index in [9.17, 15) is 22.4 Å². The zero-order valence-corrected chi connectivity index (χ0v) is 13.4. The van der Waals surface area contributed by atoms with E-state index in [1.54, 1.807) is 0 Å². The summed E-state index contributed by atoms with van der Waals surface area (Å²) in [6.07, 6.45) is -2.53. The van der Waals surface area contributed by atoms with Gasteiger partial charge in [-0.15, -0.1) is 0 Å². The third kappa shape index (κ3) is 2.35. The predicted octanol–water partition coefficient (Wildman–Crippen LogP) is 4.07. The molecule has 1 aromatic carbocycles. The maximum atomic E-state index is 13.9. The standard InChI is InChI=1S/C16H7ClF4N4O/c17-9-5-12-7(4-10(9)18)8-6-23-24-13(8)15(26)25(12)11-2-1-3-22-14(11)16(19,20)21/h1-6H,(H,23,24). The Kier molecular flexibility index (Phi) is 3.52. The fraction of sp³-hybridized carbons (Fsp3) is 0.0625. The fourth-order valence-corrected chi connectivity index (χ4v) is 3.00. The molecule has 26 heavy (non-hydrogen) atoms. The number of rotatable bonds is 1. The van der Waals surface area contributed by atoms with Crippen molar-refractivity contribution in [2.24, 2.45) is 0 Å². The maximum absolute atomic E-state index is 13.9. The Morgan fingerprint density at radius 1 is 1.19 bits per heavy atom. The van der Waals surface area contributed by atoms with Gasteiger partial charge in [-0.2, -0.15) is 18.3 Å². The van der Waals surface area contributed by atoms with Crippen molar-refractivity contribution in [3.8, 4) is 5.69 Å². The predicted molar refractivity (Wildman–Crippen MR) is 87.0 cm³/mol. The molecule has 0 fully saturated rings. The first-order chi connectivity index (χ1) is 12.3. The number of aromatic amines is 1. The van der Waals surface area contributed by atoms with Gasteiger partial charge in [0.2, 0.25) is 0 Å². The van der Waals surface area contributed by atoms with Gasteiger partial charge in [-0.05, 0) is 24.3 Å². The van der Waals surface area contributed by atoms with Crippen molar-refractivity contribution in [3.05, 3.63) is 63.5 Å². The van der Waals surface area contributed by atoms with Gasteiger partial charge in [0.05, 0.1) is 22.4 Å². The zero-order chi connectivity index (χ0) is 18.6. The largest absolute Gasteiger partial charge is 0.435 e. The number of halogens is 5. The molecule has 4 aromatic rings. The number of nitrogens with zero attached hydrogens (tertiary/aromatic N) is 3. The van der Waals surface area contributed by atoms with E-state index >= 15 is 0 Å². The van der Waals surface area contributed by atoms with E-state index in [1.165, 1.54) is 12.3 Å². The van der Waals surface area contributed by atoms with Crippen LogP contribution in [0, 0.1) is 5.82 Å². The number of hydrogen-bond acceptors (Lipinski definition) is 3. The number of nitrogens with one attached hydrogen (secondary N) is 1. The van der Waals surface area contributed by atoms with Crippen LogP contribution in [0.3, 0.4) is 0 Å². The number of benzene rings is 1. The van der Waals surface area contributed by atoms with Gasteiger partial charge in [-0.3, -0.25) is 14.5 Å². The summed E-state index contributed by atoms with van der Waals surface area (Å²) in [7, 11) is 0. The Labute approximate surface area is 146 Å². The molecule has 0 unspecified atom stereocenters. The Bertz CT molecular complexity index is 1230. The molecule has 0 aliphatic carbocycles. The van der Waals surface area contributed by atoms with E-state index in [0.717, 1.165) is 29.0 Å². The highest BCUT2D eigenvalue weighted by Crippen LogP contribution is 2.34. The molecule has 0 spiro atoms. The first-order valence-electron chi connectivity index (χ1n) is 7.18. The SMILES string of the molecule is O=c1c2[nH]ncc2c2cc(F)c(Cl)cc2n1-c1cccnc1C(F)(F)F. The summed E-state index contributed by atoms with van der Waals surface area (Å²) in [6, 6.07) is 4.53. The summed E-state index contributed by atoms with van der Waals surface area (Å²) in [5.41, 5.74) is -2.58. The van der Waals surface area contributed by atoms with Crippen molar-refractivity contribution in [2.45, 2.75) is 6.18 Å². The van der Waals surface area contributed by atoms with Crippen LogP contribution in [0.15, 0.2) is 41.5 Å². The molecule has 3 aromatic heterocycles. The van der Waals surface area contributed by atoms with Crippen molar-refractivity contribution < 1.29 is 17.6 Å². The maximum Gasteiger partial charge on any atom is 0.435 e. The second-order valence-electron chi connectivity index (χ2n) is 5.45. The highest BCUT2D eigenvalue weighted by molar-refractivity contribution is 6.31. The quantitative estimate of drug-likeness (QED) is 0.505. The topological polar surface area (TPSA) is 63.6 Å². The summed E-state index contributed by atoms with van der Waals surface area (Å²) in [5, 5.41) is 6.31. The molecule has 0 saturated heterocycles. The Morgan fingerprint density at radius 3 is 2.69 bits per heavy atom. The highest BCUT2D eigenvalue weighted by Gasteiger charge is 2.36. The summed E-state index contributed by atoms with van der Waals surface area (Å²) in [5.74, 6) is -0.769. The molecule has 5 nitrogen and oxygen atoms in total. The van der Waals surface area contributed by atoms with E-state index in [0.29, 0.717) is 0 Å². The molecule has 0 amide bonds. The lowest BCUT2D eigenvalue weighted by Gasteiger charge is -2.16. The van der Waals surface area contributed by atoms with Crippen molar-refractivity contribution >= 4 is 33.4 Å². The number of alkyl halides is 3. The summed E-state index contributed by atoms with van der Waals surface area (Å²) >= 11 is 5.80. The van der Waals surface area contributed by atoms with Crippen LogP contribution >= 0.6 is 11.6 Å². The third-order valence-electron chi connectivity index (χ3n) is 3.92. The van der Waals surface area contributed by atoms with Crippen molar-refractivity contribution in [3.63, 3.8) is 0 Å². The van der Waals surface area contributed by atoms with Crippen LogP contribution < -0.4 is 5.56 Å². The summed E-state index contributed by atoms with van der Waals surface area (Å²) in [4.78, 5) is 16.2. The molecular weight excluding hydrogens is 376 g/mol. The lowest BCUT2D eigenvalue weighted by molar-refractivity contribution is -0.141. The molecule has 0 saturated carbocycles. The van der Waals surface area contributed by atoms with Gasteiger partial charge in [-0.25, -0.2) is 9.37 Å². The minimum atomic E-state index is -4.80. The Hall–Kier alpha value is -2.94. The van der Waals surface area contributed by atoms with Gasteiger partial charge >= 0.3 is 6.18 Å².